The number of methoxy groups -OCH3 is 2. The lowest BCUT2D eigenvalue weighted by Gasteiger charge is -2.24. The molecule has 0 fully saturated rings. The molecule has 3 heteroatoms. The Kier molecular flexibility index (Phi) is 4.77. The van der Waals surface area contributed by atoms with Gasteiger partial charge in [-0.05, 0) is 35.7 Å². The van der Waals surface area contributed by atoms with E-state index in [9.17, 15) is 5.11 Å². The molecule has 0 saturated carbocycles. The molecule has 0 aliphatic carbocycles. The number of aryl methyl sites for hydroxylation is 1. The monoisotopic (exact) mass is 272 g/mol. The summed E-state index contributed by atoms with van der Waals surface area (Å²) in [7, 11) is 3.24. The summed E-state index contributed by atoms with van der Waals surface area (Å²) in [5.74, 6) is 0.784. The molecule has 0 bridgehead atoms. The van der Waals surface area contributed by atoms with E-state index in [0.717, 1.165) is 22.4 Å². The predicted octanol–water partition coefficient (Wildman–Crippen LogP) is 3.42. The van der Waals surface area contributed by atoms with E-state index < -0.39 is 6.10 Å². The zero-order chi connectivity index (χ0) is 14.5. The molecule has 2 aromatic rings. The third-order valence-electron chi connectivity index (χ3n) is 3.46. The molecule has 0 radical (unpaired) electrons. The summed E-state index contributed by atoms with van der Waals surface area (Å²) in [6.07, 6.45) is -1.10. The summed E-state index contributed by atoms with van der Waals surface area (Å²) in [4.78, 5) is 0. The maximum absolute atomic E-state index is 10.6. The highest BCUT2D eigenvalue weighted by atomic mass is 16.5. The van der Waals surface area contributed by atoms with Crippen molar-refractivity contribution in [2.24, 2.45) is 0 Å². The van der Waals surface area contributed by atoms with Gasteiger partial charge >= 0.3 is 0 Å². The van der Waals surface area contributed by atoms with Gasteiger partial charge in [0.15, 0.2) is 0 Å². The molecule has 2 aromatic carbocycles. The Balaban J connectivity index is 2.31. The lowest BCUT2D eigenvalue weighted by atomic mass is 9.95. The predicted molar refractivity (Wildman–Crippen MR) is 78.9 cm³/mol. The molecule has 0 aliphatic rings. The van der Waals surface area contributed by atoms with Gasteiger partial charge in [-0.3, -0.25) is 0 Å². The summed E-state index contributed by atoms with van der Waals surface area (Å²) in [5.41, 5.74) is 2.79. The fraction of sp³-hybridized carbons (Fsp3) is 0.294. The van der Waals surface area contributed by atoms with Gasteiger partial charge in [0, 0.05) is 7.11 Å². The standard InChI is InChI=1S/C17H20O3/c1-12-11-14(19-2)9-10-15(12)16(18)17(20-3)13-7-5-4-6-8-13/h4-11,16-18H,1-3H3. The Morgan fingerprint density at radius 2 is 1.70 bits per heavy atom. The highest BCUT2D eigenvalue weighted by Gasteiger charge is 2.23. The van der Waals surface area contributed by atoms with E-state index in [4.69, 9.17) is 9.47 Å². The van der Waals surface area contributed by atoms with Crippen LogP contribution in [0.1, 0.15) is 28.9 Å². The largest absolute Gasteiger partial charge is 0.497 e. The van der Waals surface area contributed by atoms with Crippen LogP contribution in [0.15, 0.2) is 48.5 Å². The second-order valence-electron chi connectivity index (χ2n) is 4.73. The SMILES string of the molecule is COc1ccc(C(O)C(OC)c2ccccc2)c(C)c1. The van der Waals surface area contributed by atoms with Crippen molar-refractivity contribution >= 4 is 0 Å². The van der Waals surface area contributed by atoms with Crippen LogP contribution in [0.2, 0.25) is 0 Å². The highest BCUT2D eigenvalue weighted by molar-refractivity contribution is 5.37. The Morgan fingerprint density at radius 1 is 1.00 bits per heavy atom. The maximum Gasteiger partial charge on any atom is 0.119 e. The zero-order valence-electron chi connectivity index (χ0n) is 12.0. The fourth-order valence-corrected chi connectivity index (χ4v) is 2.36. The Hall–Kier alpha value is -1.84. The summed E-state index contributed by atoms with van der Waals surface area (Å²) in [6.45, 7) is 1.96. The molecule has 3 nitrogen and oxygen atoms in total. The number of aliphatic hydroxyl groups is 1. The average molecular weight is 272 g/mol. The van der Waals surface area contributed by atoms with Gasteiger partial charge in [-0.25, -0.2) is 0 Å². The first kappa shape index (κ1) is 14.6. The van der Waals surface area contributed by atoms with Crippen molar-refractivity contribution in [3.05, 3.63) is 65.2 Å². The minimum Gasteiger partial charge on any atom is -0.497 e. The molecule has 1 N–H and O–H groups in total. The molecule has 2 rings (SSSR count). The number of rotatable bonds is 5. The first-order valence-corrected chi connectivity index (χ1v) is 6.57. The van der Waals surface area contributed by atoms with Gasteiger partial charge in [0.1, 0.15) is 18.0 Å². The first-order chi connectivity index (χ1) is 9.67. The summed E-state index contributed by atoms with van der Waals surface area (Å²) < 4.78 is 10.7. The van der Waals surface area contributed by atoms with E-state index >= 15 is 0 Å². The van der Waals surface area contributed by atoms with Gasteiger partial charge in [-0.15, -0.1) is 0 Å². The van der Waals surface area contributed by atoms with Gasteiger partial charge in [0.2, 0.25) is 0 Å². The van der Waals surface area contributed by atoms with Crippen molar-refractivity contribution in [3.63, 3.8) is 0 Å². The minimum atomic E-state index is -0.715. The second kappa shape index (κ2) is 6.55. The molecule has 2 atom stereocenters. The smallest absolute Gasteiger partial charge is 0.119 e. The topological polar surface area (TPSA) is 38.7 Å². The van der Waals surface area contributed by atoms with E-state index in [0.29, 0.717) is 0 Å². The van der Waals surface area contributed by atoms with Gasteiger partial charge < -0.3 is 14.6 Å². The summed E-state index contributed by atoms with van der Waals surface area (Å²) in [5, 5.41) is 10.6. The average Bonchev–Trinajstić information content (AvgIpc) is 2.48. The van der Waals surface area contributed by atoms with E-state index in [1.54, 1.807) is 14.2 Å². The van der Waals surface area contributed by atoms with Crippen LogP contribution >= 0.6 is 0 Å². The van der Waals surface area contributed by atoms with Gasteiger partial charge in [-0.1, -0.05) is 36.4 Å². The minimum absolute atomic E-state index is 0.386. The number of hydrogen-bond acceptors (Lipinski definition) is 3. The van der Waals surface area contributed by atoms with Crippen LogP contribution in [0.3, 0.4) is 0 Å². The Morgan fingerprint density at radius 3 is 2.25 bits per heavy atom. The summed E-state index contributed by atoms with van der Waals surface area (Å²) in [6, 6.07) is 15.4. The number of hydrogen-bond donors (Lipinski definition) is 1. The van der Waals surface area contributed by atoms with Crippen molar-refractivity contribution < 1.29 is 14.6 Å². The summed E-state index contributed by atoms with van der Waals surface area (Å²) >= 11 is 0. The Labute approximate surface area is 119 Å². The van der Waals surface area contributed by atoms with Gasteiger partial charge in [0.25, 0.3) is 0 Å². The van der Waals surface area contributed by atoms with Crippen molar-refractivity contribution in [2.75, 3.05) is 14.2 Å². The van der Waals surface area contributed by atoms with Crippen LogP contribution in [-0.2, 0) is 4.74 Å². The van der Waals surface area contributed by atoms with Crippen molar-refractivity contribution in [1.29, 1.82) is 0 Å². The molecule has 0 aliphatic heterocycles. The maximum atomic E-state index is 10.6. The normalized spacial score (nSPS) is 13.8. The van der Waals surface area contributed by atoms with Gasteiger partial charge in [-0.2, -0.15) is 0 Å². The number of ether oxygens (including phenoxy) is 2. The molecule has 0 heterocycles. The van der Waals surface area contributed by atoms with Crippen molar-refractivity contribution in [3.8, 4) is 5.75 Å². The quantitative estimate of drug-likeness (QED) is 0.906. The second-order valence-corrected chi connectivity index (χ2v) is 4.73. The molecule has 0 saturated heterocycles. The van der Waals surface area contributed by atoms with E-state index in [1.165, 1.54) is 0 Å². The van der Waals surface area contributed by atoms with Crippen molar-refractivity contribution in [2.45, 2.75) is 19.1 Å². The molecule has 0 aromatic heterocycles. The van der Waals surface area contributed by atoms with Crippen LogP contribution in [0.4, 0.5) is 0 Å². The first-order valence-electron chi connectivity index (χ1n) is 6.57. The van der Waals surface area contributed by atoms with Crippen LogP contribution in [-0.4, -0.2) is 19.3 Å². The highest BCUT2D eigenvalue weighted by Crippen LogP contribution is 2.34. The van der Waals surface area contributed by atoms with Crippen LogP contribution in [0.25, 0.3) is 0 Å². The third-order valence-corrected chi connectivity index (χ3v) is 3.46. The molecule has 106 valence electrons. The van der Waals surface area contributed by atoms with E-state index in [-0.39, 0.29) is 6.10 Å². The molecule has 2 unspecified atom stereocenters. The number of aliphatic hydroxyl groups excluding tert-OH is 1. The van der Waals surface area contributed by atoms with Crippen LogP contribution < -0.4 is 4.74 Å². The Bertz CT molecular complexity index is 551. The van der Waals surface area contributed by atoms with E-state index in [2.05, 4.69) is 0 Å². The van der Waals surface area contributed by atoms with E-state index in [1.807, 2.05) is 55.5 Å². The van der Waals surface area contributed by atoms with Crippen LogP contribution in [0, 0.1) is 6.92 Å². The fourth-order valence-electron chi connectivity index (χ4n) is 2.36. The lowest BCUT2D eigenvalue weighted by Crippen LogP contribution is -2.14. The molecule has 0 amide bonds. The number of benzene rings is 2. The zero-order valence-corrected chi connectivity index (χ0v) is 12.0. The molecular formula is C17H20O3. The molecule has 20 heavy (non-hydrogen) atoms. The molecule has 0 spiro atoms. The molecular weight excluding hydrogens is 252 g/mol. The van der Waals surface area contributed by atoms with Crippen molar-refractivity contribution in [1.82, 2.24) is 0 Å². The van der Waals surface area contributed by atoms with Crippen LogP contribution in [0.5, 0.6) is 5.75 Å². The third kappa shape index (κ3) is 3.00. The lowest BCUT2D eigenvalue weighted by molar-refractivity contribution is -0.0152. The van der Waals surface area contributed by atoms with Gasteiger partial charge in [0.05, 0.1) is 7.11 Å².